The molecule has 2 aliphatic rings. The topological polar surface area (TPSA) is 83.4 Å². The van der Waals surface area contributed by atoms with Crippen LogP contribution in [0.15, 0.2) is 0 Å². The van der Waals surface area contributed by atoms with Gasteiger partial charge in [0, 0.05) is 19.1 Å². The van der Waals surface area contributed by atoms with Crippen LogP contribution in [0.4, 0.5) is 11.9 Å². The van der Waals surface area contributed by atoms with Gasteiger partial charge < -0.3 is 20.1 Å². The number of fused-ring (bicyclic) bond motifs is 2. The molecular formula is C14H23N5O2. The van der Waals surface area contributed by atoms with E-state index in [0.717, 1.165) is 32.1 Å². The van der Waals surface area contributed by atoms with Crippen LogP contribution in [0.5, 0.6) is 6.01 Å². The zero-order valence-electron chi connectivity index (χ0n) is 12.6. The Kier molecular flexibility index (Phi) is 4.10. The molecule has 2 saturated heterocycles. The number of aliphatic hydroxyl groups is 1. The summed E-state index contributed by atoms with van der Waals surface area (Å²) >= 11 is 0. The molecule has 1 aromatic rings. The van der Waals surface area contributed by atoms with Crippen LogP contribution in [0.3, 0.4) is 0 Å². The molecule has 21 heavy (non-hydrogen) atoms. The first-order valence-electron chi connectivity index (χ1n) is 7.74. The van der Waals surface area contributed by atoms with Crippen LogP contribution in [0.1, 0.15) is 39.0 Å². The average molecular weight is 293 g/mol. The molecule has 0 aliphatic carbocycles. The van der Waals surface area contributed by atoms with Crippen molar-refractivity contribution < 1.29 is 9.84 Å². The van der Waals surface area contributed by atoms with Crippen LogP contribution >= 0.6 is 0 Å². The van der Waals surface area contributed by atoms with Crippen LogP contribution in [-0.4, -0.2) is 51.9 Å². The van der Waals surface area contributed by atoms with Gasteiger partial charge in [0.1, 0.15) is 0 Å². The van der Waals surface area contributed by atoms with Crippen molar-refractivity contribution in [1.29, 1.82) is 0 Å². The molecule has 2 N–H and O–H groups in total. The molecule has 0 radical (unpaired) electrons. The van der Waals surface area contributed by atoms with Crippen LogP contribution in [0, 0.1) is 0 Å². The lowest BCUT2D eigenvalue weighted by atomic mass is 10.0. The Morgan fingerprint density at radius 1 is 1.24 bits per heavy atom. The molecule has 2 fully saturated rings. The molecule has 7 heteroatoms. The van der Waals surface area contributed by atoms with E-state index in [4.69, 9.17) is 4.74 Å². The van der Waals surface area contributed by atoms with E-state index < -0.39 is 0 Å². The maximum absolute atomic E-state index is 9.91. The molecule has 0 amide bonds. The number of piperidine rings is 1. The van der Waals surface area contributed by atoms with Gasteiger partial charge in [0.15, 0.2) is 0 Å². The second kappa shape index (κ2) is 6.01. The van der Waals surface area contributed by atoms with E-state index in [1.807, 2.05) is 6.92 Å². The van der Waals surface area contributed by atoms with Crippen molar-refractivity contribution in [2.45, 2.75) is 57.2 Å². The van der Waals surface area contributed by atoms with Gasteiger partial charge >= 0.3 is 6.01 Å². The van der Waals surface area contributed by atoms with Crippen molar-refractivity contribution >= 4 is 11.9 Å². The van der Waals surface area contributed by atoms with Gasteiger partial charge in [0.2, 0.25) is 11.9 Å². The molecule has 2 unspecified atom stereocenters. The summed E-state index contributed by atoms with van der Waals surface area (Å²) < 4.78 is 5.56. The lowest BCUT2D eigenvalue weighted by Gasteiger charge is -2.37. The number of anilines is 2. The third-order valence-electron chi connectivity index (χ3n) is 4.20. The first-order chi connectivity index (χ1) is 10.2. The largest absolute Gasteiger partial charge is 0.463 e. The van der Waals surface area contributed by atoms with Gasteiger partial charge in [-0.15, -0.1) is 0 Å². The number of aromatic nitrogens is 3. The SMILES string of the molecule is CCCOc1nc(NC)nc(N2C3CCC2CC(O)C3)n1. The van der Waals surface area contributed by atoms with Crippen LogP contribution in [0.2, 0.25) is 0 Å². The summed E-state index contributed by atoms with van der Waals surface area (Å²) in [6.45, 7) is 2.64. The Bertz CT molecular complexity index is 484. The molecule has 0 saturated carbocycles. The number of rotatable bonds is 5. The monoisotopic (exact) mass is 293 g/mol. The second-order valence-corrected chi connectivity index (χ2v) is 5.76. The van der Waals surface area contributed by atoms with Gasteiger partial charge in [-0.2, -0.15) is 15.0 Å². The third-order valence-corrected chi connectivity index (χ3v) is 4.20. The maximum atomic E-state index is 9.91. The smallest absolute Gasteiger partial charge is 0.323 e. The third kappa shape index (κ3) is 2.88. The van der Waals surface area contributed by atoms with E-state index >= 15 is 0 Å². The number of nitrogens with zero attached hydrogens (tertiary/aromatic N) is 4. The highest BCUT2D eigenvalue weighted by Crippen LogP contribution is 2.38. The van der Waals surface area contributed by atoms with E-state index in [-0.39, 0.29) is 6.10 Å². The van der Waals surface area contributed by atoms with Crippen molar-refractivity contribution in [1.82, 2.24) is 15.0 Å². The second-order valence-electron chi connectivity index (χ2n) is 5.76. The fourth-order valence-electron chi connectivity index (χ4n) is 3.31. The summed E-state index contributed by atoms with van der Waals surface area (Å²) in [6.07, 6.45) is 4.49. The molecule has 2 bridgehead atoms. The molecule has 116 valence electrons. The van der Waals surface area contributed by atoms with E-state index in [9.17, 15) is 5.11 Å². The number of aliphatic hydroxyl groups excluding tert-OH is 1. The van der Waals surface area contributed by atoms with Crippen LogP contribution in [-0.2, 0) is 0 Å². The fraction of sp³-hybridized carbons (Fsp3) is 0.786. The summed E-state index contributed by atoms with van der Waals surface area (Å²) in [5.41, 5.74) is 0. The van der Waals surface area contributed by atoms with Gasteiger partial charge in [-0.1, -0.05) is 6.92 Å². The number of nitrogens with one attached hydrogen (secondary N) is 1. The number of hydrogen-bond donors (Lipinski definition) is 2. The first kappa shape index (κ1) is 14.3. The van der Waals surface area contributed by atoms with Gasteiger partial charge in [-0.3, -0.25) is 0 Å². The zero-order chi connectivity index (χ0) is 14.8. The summed E-state index contributed by atoms with van der Waals surface area (Å²) in [6, 6.07) is 1.02. The average Bonchev–Trinajstić information content (AvgIpc) is 2.76. The van der Waals surface area contributed by atoms with Gasteiger partial charge in [-0.25, -0.2) is 0 Å². The number of ether oxygens (including phenoxy) is 1. The summed E-state index contributed by atoms with van der Waals surface area (Å²) in [5.74, 6) is 1.19. The van der Waals surface area contributed by atoms with E-state index in [0.29, 0.717) is 36.6 Å². The highest BCUT2D eigenvalue weighted by molar-refractivity contribution is 5.42. The lowest BCUT2D eigenvalue weighted by molar-refractivity contribution is 0.125. The Morgan fingerprint density at radius 2 is 1.95 bits per heavy atom. The highest BCUT2D eigenvalue weighted by Gasteiger charge is 2.41. The molecule has 3 heterocycles. The quantitative estimate of drug-likeness (QED) is 0.843. The Morgan fingerprint density at radius 3 is 2.57 bits per heavy atom. The van der Waals surface area contributed by atoms with Gasteiger partial charge in [-0.05, 0) is 32.1 Å². The normalized spacial score (nSPS) is 27.8. The summed E-state index contributed by atoms with van der Waals surface area (Å²) in [7, 11) is 1.79. The Balaban J connectivity index is 1.87. The van der Waals surface area contributed by atoms with Crippen LogP contribution in [0.25, 0.3) is 0 Å². The zero-order valence-corrected chi connectivity index (χ0v) is 12.6. The Labute approximate surface area is 124 Å². The lowest BCUT2D eigenvalue weighted by Crippen LogP contribution is -2.45. The molecule has 2 atom stereocenters. The first-order valence-corrected chi connectivity index (χ1v) is 7.74. The molecule has 2 aliphatic heterocycles. The molecular weight excluding hydrogens is 270 g/mol. The van der Waals surface area contributed by atoms with Crippen molar-refractivity contribution in [2.24, 2.45) is 0 Å². The minimum absolute atomic E-state index is 0.194. The van der Waals surface area contributed by atoms with E-state index in [1.54, 1.807) is 7.05 Å². The predicted molar refractivity (Wildman–Crippen MR) is 79.7 cm³/mol. The van der Waals surface area contributed by atoms with Crippen molar-refractivity contribution in [2.75, 3.05) is 23.9 Å². The molecule has 1 aromatic heterocycles. The highest BCUT2D eigenvalue weighted by atomic mass is 16.5. The summed E-state index contributed by atoms with van der Waals surface area (Å²) in [4.78, 5) is 15.4. The van der Waals surface area contributed by atoms with Crippen molar-refractivity contribution in [3.05, 3.63) is 0 Å². The fourth-order valence-corrected chi connectivity index (χ4v) is 3.31. The Hall–Kier alpha value is -1.63. The molecule has 7 nitrogen and oxygen atoms in total. The van der Waals surface area contributed by atoms with Crippen LogP contribution < -0.4 is 15.0 Å². The summed E-state index contributed by atoms with van der Waals surface area (Å²) in [5, 5.41) is 12.9. The van der Waals surface area contributed by atoms with Crippen molar-refractivity contribution in [3.63, 3.8) is 0 Å². The minimum atomic E-state index is -0.194. The van der Waals surface area contributed by atoms with Gasteiger partial charge in [0.25, 0.3) is 0 Å². The van der Waals surface area contributed by atoms with E-state index in [1.165, 1.54) is 0 Å². The maximum Gasteiger partial charge on any atom is 0.323 e. The number of hydrogen-bond acceptors (Lipinski definition) is 7. The minimum Gasteiger partial charge on any atom is -0.463 e. The standard InChI is InChI=1S/C14H23N5O2/c1-3-6-21-14-17-12(15-2)16-13(18-14)19-9-4-5-10(19)8-11(20)7-9/h9-11,20H,3-8H2,1-2H3,(H,15,16,17,18). The predicted octanol–water partition coefficient (Wildman–Crippen LogP) is 1.19. The molecule has 0 aromatic carbocycles. The van der Waals surface area contributed by atoms with E-state index in [2.05, 4.69) is 25.2 Å². The molecule has 0 spiro atoms. The van der Waals surface area contributed by atoms with Crippen molar-refractivity contribution in [3.8, 4) is 6.01 Å². The molecule has 3 rings (SSSR count). The van der Waals surface area contributed by atoms with Gasteiger partial charge in [0.05, 0.1) is 12.7 Å².